The van der Waals surface area contributed by atoms with E-state index in [0.717, 1.165) is 11.3 Å². The van der Waals surface area contributed by atoms with Crippen molar-refractivity contribution >= 4 is 17.5 Å². The zero-order chi connectivity index (χ0) is 19.6. The third-order valence-corrected chi connectivity index (χ3v) is 4.00. The van der Waals surface area contributed by atoms with Crippen molar-refractivity contribution < 1.29 is 14.3 Å². The lowest BCUT2D eigenvalue weighted by Crippen LogP contribution is -2.33. The number of carbonyl (C=O) groups excluding carboxylic acids is 2. The van der Waals surface area contributed by atoms with E-state index in [-0.39, 0.29) is 24.4 Å². The van der Waals surface area contributed by atoms with Gasteiger partial charge in [-0.25, -0.2) is 0 Å². The smallest absolute Gasteiger partial charge is 0.253 e. The molecule has 2 aromatic rings. The molecule has 1 unspecified atom stereocenters. The Bertz CT molecular complexity index is 805. The Hall–Kier alpha value is -3.28. The normalized spacial score (nSPS) is 11.2. The quantitative estimate of drug-likeness (QED) is 0.596. The van der Waals surface area contributed by atoms with E-state index in [4.69, 9.17) is 4.74 Å². The first kappa shape index (κ1) is 20.0. The first-order valence-electron chi connectivity index (χ1n) is 8.71. The van der Waals surface area contributed by atoms with Crippen LogP contribution >= 0.6 is 0 Å². The zero-order valence-corrected chi connectivity index (χ0v) is 15.6. The molecule has 0 saturated carbocycles. The van der Waals surface area contributed by atoms with Gasteiger partial charge in [-0.05, 0) is 25.1 Å². The average Bonchev–Trinajstić information content (AvgIpc) is 2.70. The summed E-state index contributed by atoms with van der Waals surface area (Å²) in [6.07, 6.45) is 1.61. The van der Waals surface area contributed by atoms with Gasteiger partial charge < -0.3 is 20.7 Å². The van der Waals surface area contributed by atoms with Gasteiger partial charge in [0.25, 0.3) is 5.91 Å². The third kappa shape index (κ3) is 5.60. The minimum atomic E-state index is -0.221. The van der Waals surface area contributed by atoms with Crippen LogP contribution in [0.1, 0.15) is 28.9 Å². The number of ether oxygens (including phenoxy) is 1. The highest BCUT2D eigenvalue weighted by Gasteiger charge is 2.15. The van der Waals surface area contributed by atoms with Gasteiger partial charge in [0, 0.05) is 17.8 Å². The van der Waals surface area contributed by atoms with E-state index in [9.17, 15) is 9.59 Å². The molecule has 0 aromatic heterocycles. The molecule has 27 heavy (non-hydrogen) atoms. The van der Waals surface area contributed by atoms with E-state index in [1.54, 1.807) is 31.4 Å². The molecule has 0 bridgehead atoms. The molecule has 0 aliphatic heterocycles. The molecule has 2 rings (SSSR count). The number of para-hydroxylation sites is 2. The van der Waals surface area contributed by atoms with Gasteiger partial charge in [0.15, 0.2) is 0 Å². The first-order chi connectivity index (χ1) is 13.1. The zero-order valence-electron chi connectivity index (χ0n) is 15.6. The van der Waals surface area contributed by atoms with Crippen LogP contribution in [0.4, 0.5) is 5.69 Å². The molecular formula is C21H25N3O3. The molecule has 2 aromatic carbocycles. The van der Waals surface area contributed by atoms with E-state index in [1.165, 1.54) is 0 Å². The SMILES string of the molecule is C=CCNC(=O)c1ccccc1NCC(=O)NC(C)c1ccccc1OC. The number of nitrogens with one attached hydrogen (secondary N) is 3. The summed E-state index contributed by atoms with van der Waals surface area (Å²) in [4.78, 5) is 24.5. The first-order valence-corrected chi connectivity index (χ1v) is 8.71. The Labute approximate surface area is 159 Å². The Balaban J connectivity index is 1.98. The van der Waals surface area contributed by atoms with Crippen molar-refractivity contribution in [1.82, 2.24) is 10.6 Å². The van der Waals surface area contributed by atoms with Crippen LogP contribution < -0.4 is 20.7 Å². The largest absolute Gasteiger partial charge is 0.496 e. The molecule has 0 saturated heterocycles. The van der Waals surface area contributed by atoms with Crippen LogP contribution in [-0.4, -0.2) is 32.0 Å². The van der Waals surface area contributed by atoms with E-state index in [0.29, 0.717) is 17.8 Å². The van der Waals surface area contributed by atoms with Crippen LogP contribution in [0.3, 0.4) is 0 Å². The standard InChI is InChI=1S/C21H25N3O3/c1-4-13-22-21(26)17-10-5-7-11-18(17)23-14-20(25)24-15(2)16-9-6-8-12-19(16)27-3/h4-12,15,23H,1,13-14H2,2-3H3,(H,22,26)(H,24,25). The van der Waals surface area contributed by atoms with Gasteiger partial charge in [0.1, 0.15) is 5.75 Å². The molecule has 2 amide bonds. The molecule has 6 nitrogen and oxygen atoms in total. The summed E-state index contributed by atoms with van der Waals surface area (Å²) in [5.41, 5.74) is 1.97. The van der Waals surface area contributed by atoms with Gasteiger partial charge in [-0.15, -0.1) is 6.58 Å². The molecule has 3 N–H and O–H groups in total. The van der Waals surface area contributed by atoms with Gasteiger partial charge in [-0.2, -0.15) is 0 Å². The van der Waals surface area contributed by atoms with E-state index in [2.05, 4.69) is 22.5 Å². The Morgan fingerprint density at radius 1 is 1.15 bits per heavy atom. The maximum Gasteiger partial charge on any atom is 0.253 e. The number of amides is 2. The average molecular weight is 367 g/mol. The van der Waals surface area contributed by atoms with Crippen molar-refractivity contribution in [3.8, 4) is 5.75 Å². The van der Waals surface area contributed by atoms with E-state index in [1.807, 2.05) is 37.3 Å². The molecule has 0 heterocycles. The topological polar surface area (TPSA) is 79.5 Å². The fraction of sp³-hybridized carbons (Fsp3) is 0.238. The van der Waals surface area contributed by atoms with Gasteiger partial charge >= 0.3 is 0 Å². The summed E-state index contributed by atoms with van der Waals surface area (Å²) in [5.74, 6) is 0.318. The van der Waals surface area contributed by atoms with Gasteiger partial charge in [-0.1, -0.05) is 36.4 Å². The number of rotatable bonds is 9. The summed E-state index contributed by atoms with van der Waals surface area (Å²) < 4.78 is 5.33. The van der Waals surface area contributed by atoms with Gasteiger partial charge in [-0.3, -0.25) is 9.59 Å². The van der Waals surface area contributed by atoms with Crippen molar-refractivity contribution in [3.63, 3.8) is 0 Å². The van der Waals surface area contributed by atoms with Gasteiger partial charge in [0.2, 0.25) is 5.91 Å². The lowest BCUT2D eigenvalue weighted by Gasteiger charge is -2.18. The molecule has 0 aliphatic carbocycles. The predicted octanol–water partition coefficient (Wildman–Crippen LogP) is 2.90. The highest BCUT2D eigenvalue weighted by molar-refractivity contribution is 6.00. The van der Waals surface area contributed by atoms with Crippen LogP contribution in [0.25, 0.3) is 0 Å². The minimum Gasteiger partial charge on any atom is -0.496 e. The number of anilines is 1. The number of benzene rings is 2. The fourth-order valence-corrected chi connectivity index (χ4v) is 2.67. The highest BCUT2D eigenvalue weighted by Crippen LogP contribution is 2.24. The van der Waals surface area contributed by atoms with E-state index < -0.39 is 0 Å². The van der Waals surface area contributed by atoms with Crippen LogP contribution in [0.15, 0.2) is 61.2 Å². The number of hydrogen-bond acceptors (Lipinski definition) is 4. The van der Waals surface area contributed by atoms with Crippen molar-refractivity contribution in [1.29, 1.82) is 0 Å². The lowest BCUT2D eigenvalue weighted by molar-refractivity contribution is -0.120. The molecular weight excluding hydrogens is 342 g/mol. The Morgan fingerprint density at radius 2 is 1.85 bits per heavy atom. The molecule has 0 aliphatic rings. The van der Waals surface area contributed by atoms with Crippen LogP contribution in [0.2, 0.25) is 0 Å². The Kier molecular flexibility index (Phi) is 7.43. The number of carbonyl (C=O) groups is 2. The maximum absolute atomic E-state index is 12.3. The molecule has 0 spiro atoms. The monoisotopic (exact) mass is 367 g/mol. The van der Waals surface area contributed by atoms with Crippen molar-refractivity contribution in [2.75, 3.05) is 25.5 Å². The maximum atomic E-state index is 12.3. The van der Waals surface area contributed by atoms with E-state index >= 15 is 0 Å². The van der Waals surface area contributed by atoms with Crippen LogP contribution in [0, 0.1) is 0 Å². The van der Waals surface area contributed by atoms with Crippen molar-refractivity contribution in [2.24, 2.45) is 0 Å². The number of hydrogen-bond donors (Lipinski definition) is 3. The second kappa shape index (κ2) is 10.0. The summed E-state index contributed by atoms with van der Waals surface area (Å²) >= 11 is 0. The molecule has 142 valence electrons. The lowest BCUT2D eigenvalue weighted by atomic mass is 10.1. The number of methoxy groups -OCH3 is 1. The van der Waals surface area contributed by atoms with Crippen LogP contribution in [0.5, 0.6) is 5.75 Å². The van der Waals surface area contributed by atoms with Gasteiger partial charge in [0.05, 0.1) is 25.3 Å². The Morgan fingerprint density at radius 3 is 2.59 bits per heavy atom. The van der Waals surface area contributed by atoms with Crippen molar-refractivity contribution in [3.05, 3.63) is 72.3 Å². The second-order valence-electron chi connectivity index (χ2n) is 5.93. The molecule has 1 atom stereocenters. The summed E-state index contributed by atoms with van der Waals surface area (Å²) in [7, 11) is 1.60. The molecule has 6 heteroatoms. The second-order valence-corrected chi connectivity index (χ2v) is 5.93. The third-order valence-electron chi connectivity index (χ3n) is 4.00. The predicted molar refractivity (Wildman–Crippen MR) is 107 cm³/mol. The summed E-state index contributed by atoms with van der Waals surface area (Å²) in [6, 6.07) is 14.4. The minimum absolute atomic E-state index is 0.0469. The summed E-state index contributed by atoms with van der Waals surface area (Å²) in [6.45, 7) is 5.90. The fourth-order valence-electron chi connectivity index (χ4n) is 2.67. The molecule has 0 fully saturated rings. The highest BCUT2D eigenvalue weighted by atomic mass is 16.5. The summed E-state index contributed by atoms with van der Waals surface area (Å²) in [5, 5.41) is 8.69. The molecule has 0 radical (unpaired) electrons. The van der Waals surface area contributed by atoms with Crippen molar-refractivity contribution in [2.45, 2.75) is 13.0 Å². The van der Waals surface area contributed by atoms with Crippen LogP contribution in [-0.2, 0) is 4.79 Å².